The number of piperidine rings is 1. The molecule has 0 atom stereocenters. The summed E-state index contributed by atoms with van der Waals surface area (Å²) in [5, 5.41) is 3.38. The molecule has 1 aliphatic heterocycles. The number of hydrogen-bond donors (Lipinski definition) is 1. The first kappa shape index (κ1) is 14.6. The minimum Gasteiger partial charge on any atom is -0.492 e. The Morgan fingerprint density at radius 2 is 1.82 bits per heavy atom. The minimum absolute atomic E-state index is 0. The van der Waals surface area contributed by atoms with Gasteiger partial charge in [-0.3, -0.25) is 0 Å². The molecule has 0 aliphatic carbocycles. The lowest BCUT2D eigenvalue weighted by Gasteiger charge is -2.23. The van der Waals surface area contributed by atoms with Crippen LogP contribution in [-0.2, 0) is 0 Å². The molecular weight excluding hydrogens is 257 g/mol. The van der Waals surface area contributed by atoms with Crippen molar-refractivity contribution < 1.29 is 4.74 Å². The quantitative estimate of drug-likeness (QED) is 0.853. The standard InChI is InChI=1S/C13H18ClNO.ClH/c14-7-10-16-13-3-1-11(2-4-13)12-5-8-15-9-6-12;/h1-4,12,15H,5-10H2;1H. The van der Waals surface area contributed by atoms with Crippen molar-refractivity contribution in [3.05, 3.63) is 29.8 Å². The monoisotopic (exact) mass is 275 g/mol. The zero-order chi connectivity index (χ0) is 11.2. The molecule has 1 aromatic rings. The van der Waals surface area contributed by atoms with Crippen molar-refractivity contribution >= 4 is 24.0 Å². The lowest BCUT2D eigenvalue weighted by molar-refractivity contribution is 0.342. The normalized spacial score (nSPS) is 16.3. The Hall–Kier alpha value is -0.440. The van der Waals surface area contributed by atoms with E-state index in [1.54, 1.807) is 0 Å². The van der Waals surface area contributed by atoms with Crippen molar-refractivity contribution in [2.45, 2.75) is 18.8 Å². The summed E-state index contributed by atoms with van der Waals surface area (Å²) in [5.74, 6) is 2.16. The van der Waals surface area contributed by atoms with Gasteiger partial charge < -0.3 is 10.1 Å². The number of benzene rings is 1. The van der Waals surface area contributed by atoms with E-state index >= 15 is 0 Å². The summed E-state index contributed by atoms with van der Waals surface area (Å²) < 4.78 is 5.45. The van der Waals surface area contributed by atoms with E-state index in [2.05, 4.69) is 17.4 Å². The van der Waals surface area contributed by atoms with Crippen LogP contribution in [-0.4, -0.2) is 25.6 Å². The average Bonchev–Trinajstić information content (AvgIpc) is 2.38. The second kappa shape index (κ2) is 7.80. The molecule has 1 fully saturated rings. The van der Waals surface area contributed by atoms with Gasteiger partial charge >= 0.3 is 0 Å². The van der Waals surface area contributed by atoms with Gasteiger partial charge in [0, 0.05) is 0 Å². The highest BCUT2D eigenvalue weighted by Gasteiger charge is 2.14. The summed E-state index contributed by atoms with van der Waals surface area (Å²) >= 11 is 5.57. The first-order valence-electron chi connectivity index (χ1n) is 5.89. The van der Waals surface area contributed by atoms with Crippen LogP contribution in [0.5, 0.6) is 5.75 Å². The van der Waals surface area contributed by atoms with Gasteiger partial charge in [0.1, 0.15) is 12.4 Å². The Bertz CT molecular complexity index is 310. The van der Waals surface area contributed by atoms with Gasteiger partial charge in [0.15, 0.2) is 0 Å². The SMILES string of the molecule is Cl.ClCCOc1ccc(C2CCNCC2)cc1. The van der Waals surface area contributed by atoms with E-state index in [9.17, 15) is 0 Å². The molecule has 1 heterocycles. The van der Waals surface area contributed by atoms with E-state index in [0.29, 0.717) is 18.4 Å². The number of nitrogens with one attached hydrogen (secondary N) is 1. The molecule has 2 rings (SSSR count). The van der Waals surface area contributed by atoms with Crippen molar-refractivity contribution in [2.75, 3.05) is 25.6 Å². The lowest BCUT2D eigenvalue weighted by atomic mass is 9.90. The van der Waals surface area contributed by atoms with E-state index in [1.165, 1.54) is 18.4 Å². The van der Waals surface area contributed by atoms with Crippen LogP contribution in [0.2, 0.25) is 0 Å². The highest BCUT2D eigenvalue weighted by molar-refractivity contribution is 6.17. The fourth-order valence-electron chi connectivity index (χ4n) is 2.15. The first-order chi connectivity index (χ1) is 7.90. The Kier molecular flexibility index (Phi) is 6.71. The van der Waals surface area contributed by atoms with Crippen molar-refractivity contribution in [2.24, 2.45) is 0 Å². The second-order valence-electron chi connectivity index (χ2n) is 4.13. The Balaban J connectivity index is 0.00000144. The number of hydrogen-bond acceptors (Lipinski definition) is 2. The maximum atomic E-state index is 5.57. The van der Waals surface area contributed by atoms with Gasteiger partial charge in [-0.2, -0.15) is 0 Å². The summed E-state index contributed by atoms with van der Waals surface area (Å²) in [6, 6.07) is 8.45. The summed E-state index contributed by atoms with van der Waals surface area (Å²) in [7, 11) is 0. The number of alkyl halides is 1. The molecule has 0 amide bonds. The first-order valence-corrected chi connectivity index (χ1v) is 6.43. The molecule has 1 aromatic carbocycles. The van der Waals surface area contributed by atoms with Gasteiger partial charge in [0.05, 0.1) is 5.88 Å². The molecule has 0 aromatic heterocycles. The van der Waals surface area contributed by atoms with Crippen LogP contribution in [0.15, 0.2) is 24.3 Å². The summed E-state index contributed by atoms with van der Waals surface area (Å²) in [5.41, 5.74) is 1.43. The van der Waals surface area contributed by atoms with Crippen LogP contribution in [0, 0.1) is 0 Å². The molecule has 1 aliphatic rings. The fraction of sp³-hybridized carbons (Fsp3) is 0.538. The van der Waals surface area contributed by atoms with Crippen LogP contribution in [0.3, 0.4) is 0 Å². The van der Waals surface area contributed by atoms with Crippen molar-refractivity contribution in [1.29, 1.82) is 0 Å². The minimum atomic E-state index is 0. The number of ether oxygens (including phenoxy) is 1. The molecule has 0 spiro atoms. The fourth-order valence-corrected chi connectivity index (χ4v) is 2.23. The van der Waals surface area contributed by atoms with Crippen LogP contribution >= 0.6 is 24.0 Å². The van der Waals surface area contributed by atoms with Crippen LogP contribution in [0.4, 0.5) is 0 Å². The number of halogens is 2. The summed E-state index contributed by atoms with van der Waals surface area (Å²) in [4.78, 5) is 0. The van der Waals surface area contributed by atoms with Gasteiger partial charge in [-0.15, -0.1) is 24.0 Å². The van der Waals surface area contributed by atoms with Gasteiger partial charge in [0.2, 0.25) is 0 Å². The molecule has 2 nitrogen and oxygen atoms in total. The molecule has 0 saturated carbocycles. The predicted octanol–water partition coefficient (Wildman–Crippen LogP) is 3.19. The van der Waals surface area contributed by atoms with Crippen molar-refractivity contribution in [3.63, 3.8) is 0 Å². The third kappa shape index (κ3) is 4.38. The maximum absolute atomic E-state index is 5.57. The third-order valence-corrected chi connectivity index (χ3v) is 3.19. The van der Waals surface area contributed by atoms with Crippen LogP contribution in [0.1, 0.15) is 24.3 Å². The maximum Gasteiger partial charge on any atom is 0.119 e. The third-order valence-electron chi connectivity index (χ3n) is 3.04. The topological polar surface area (TPSA) is 21.3 Å². The van der Waals surface area contributed by atoms with Gasteiger partial charge in [-0.1, -0.05) is 12.1 Å². The van der Waals surface area contributed by atoms with Crippen LogP contribution < -0.4 is 10.1 Å². The second-order valence-corrected chi connectivity index (χ2v) is 4.51. The largest absolute Gasteiger partial charge is 0.492 e. The predicted molar refractivity (Wildman–Crippen MR) is 74.7 cm³/mol. The Labute approximate surface area is 114 Å². The smallest absolute Gasteiger partial charge is 0.119 e. The van der Waals surface area contributed by atoms with Crippen molar-refractivity contribution in [1.82, 2.24) is 5.32 Å². The molecule has 0 radical (unpaired) electrons. The van der Waals surface area contributed by atoms with Gasteiger partial charge in [-0.05, 0) is 49.5 Å². The molecule has 4 heteroatoms. The van der Waals surface area contributed by atoms with Crippen LogP contribution in [0.25, 0.3) is 0 Å². The van der Waals surface area contributed by atoms with E-state index < -0.39 is 0 Å². The molecule has 1 saturated heterocycles. The van der Waals surface area contributed by atoms with Crippen molar-refractivity contribution in [3.8, 4) is 5.75 Å². The van der Waals surface area contributed by atoms with E-state index in [0.717, 1.165) is 18.8 Å². The Morgan fingerprint density at radius 1 is 1.18 bits per heavy atom. The zero-order valence-corrected chi connectivity index (χ0v) is 11.4. The number of rotatable bonds is 4. The van der Waals surface area contributed by atoms with E-state index in [1.807, 2.05) is 12.1 Å². The highest BCUT2D eigenvalue weighted by Crippen LogP contribution is 2.26. The van der Waals surface area contributed by atoms with Gasteiger partial charge in [0.25, 0.3) is 0 Å². The van der Waals surface area contributed by atoms with E-state index in [4.69, 9.17) is 16.3 Å². The highest BCUT2D eigenvalue weighted by atomic mass is 35.5. The molecule has 96 valence electrons. The molecule has 1 N–H and O–H groups in total. The average molecular weight is 276 g/mol. The van der Waals surface area contributed by atoms with E-state index in [-0.39, 0.29) is 12.4 Å². The zero-order valence-electron chi connectivity index (χ0n) is 9.82. The molecule has 0 unspecified atom stereocenters. The van der Waals surface area contributed by atoms with Gasteiger partial charge in [-0.25, -0.2) is 0 Å². The molecule has 17 heavy (non-hydrogen) atoms. The lowest BCUT2D eigenvalue weighted by Crippen LogP contribution is -2.26. The Morgan fingerprint density at radius 3 is 2.41 bits per heavy atom. The summed E-state index contributed by atoms with van der Waals surface area (Å²) in [6.45, 7) is 2.85. The molecule has 0 bridgehead atoms. The summed E-state index contributed by atoms with van der Waals surface area (Å²) in [6.07, 6.45) is 2.48. The molecular formula is C13H19Cl2NO.